The zero-order chi connectivity index (χ0) is 12.4. The highest BCUT2D eigenvalue weighted by Crippen LogP contribution is 2.15. The molecule has 0 bridgehead atoms. The van der Waals surface area contributed by atoms with E-state index in [1.807, 2.05) is 12.1 Å². The Balaban J connectivity index is 2.22. The summed E-state index contributed by atoms with van der Waals surface area (Å²) in [6.45, 7) is 0. The van der Waals surface area contributed by atoms with Gasteiger partial charge in [-0.15, -0.1) is 0 Å². The number of aliphatic carboxylic acids is 1. The van der Waals surface area contributed by atoms with E-state index in [1.165, 1.54) is 4.57 Å². The number of carboxylic acids is 1. The molecular formula is C12H13NO4. The van der Waals surface area contributed by atoms with E-state index in [4.69, 9.17) is 9.52 Å². The highest BCUT2D eigenvalue weighted by molar-refractivity contribution is 5.73. The molecule has 0 unspecified atom stereocenters. The summed E-state index contributed by atoms with van der Waals surface area (Å²) < 4.78 is 6.45. The molecule has 90 valence electrons. The van der Waals surface area contributed by atoms with Crippen molar-refractivity contribution in [1.29, 1.82) is 0 Å². The lowest BCUT2D eigenvalue weighted by atomic mass is 10.1. The molecule has 5 nitrogen and oxygen atoms in total. The van der Waals surface area contributed by atoms with Crippen LogP contribution in [0.2, 0.25) is 0 Å². The molecule has 0 aliphatic carbocycles. The first kappa shape index (κ1) is 11.4. The number of aromatic nitrogens is 1. The van der Waals surface area contributed by atoms with Crippen LogP contribution in [0.25, 0.3) is 11.1 Å². The van der Waals surface area contributed by atoms with Crippen molar-refractivity contribution in [2.24, 2.45) is 7.05 Å². The molecule has 0 radical (unpaired) electrons. The van der Waals surface area contributed by atoms with Crippen LogP contribution in [0.1, 0.15) is 18.4 Å². The van der Waals surface area contributed by atoms with Crippen molar-refractivity contribution >= 4 is 17.1 Å². The Hall–Kier alpha value is -2.04. The summed E-state index contributed by atoms with van der Waals surface area (Å²) >= 11 is 0. The van der Waals surface area contributed by atoms with Crippen molar-refractivity contribution in [3.63, 3.8) is 0 Å². The molecule has 2 rings (SSSR count). The summed E-state index contributed by atoms with van der Waals surface area (Å²) in [5, 5.41) is 8.55. The fourth-order valence-electron chi connectivity index (χ4n) is 1.77. The lowest BCUT2D eigenvalue weighted by molar-refractivity contribution is -0.137. The molecule has 0 amide bonds. The molecule has 0 fully saturated rings. The van der Waals surface area contributed by atoms with Crippen LogP contribution in [0.15, 0.2) is 27.4 Å². The number of benzene rings is 1. The summed E-state index contributed by atoms with van der Waals surface area (Å²) in [6, 6.07) is 5.46. The quantitative estimate of drug-likeness (QED) is 0.872. The van der Waals surface area contributed by atoms with Crippen molar-refractivity contribution in [1.82, 2.24) is 4.57 Å². The zero-order valence-corrected chi connectivity index (χ0v) is 9.47. The van der Waals surface area contributed by atoms with Crippen molar-refractivity contribution in [3.8, 4) is 0 Å². The van der Waals surface area contributed by atoms with Gasteiger partial charge in [0.25, 0.3) is 0 Å². The van der Waals surface area contributed by atoms with Crippen LogP contribution >= 0.6 is 0 Å². The third kappa shape index (κ3) is 2.38. The number of aryl methyl sites for hydroxylation is 2. The van der Waals surface area contributed by atoms with Gasteiger partial charge in [0, 0.05) is 13.5 Å². The predicted molar refractivity (Wildman–Crippen MR) is 62.0 cm³/mol. The van der Waals surface area contributed by atoms with Crippen molar-refractivity contribution < 1.29 is 14.3 Å². The predicted octanol–water partition coefficient (Wildman–Crippen LogP) is 1.54. The van der Waals surface area contributed by atoms with Crippen LogP contribution < -0.4 is 5.76 Å². The Bertz CT molecular complexity index is 608. The molecule has 0 atom stereocenters. The lowest BCUT2D eigenvalue weighted by Crippen LogP contribution is -2.08. The number of oxazole rings is 1. The summed E-state index contributed by atoms with van der Waals surface area (Å²) in [5.41, 5.74) is 2.30. The van der Waals surface area contributed by atoms with Gasteiger partial charge in [0.15, 0.2) is 5.58 Å². The SMILES string of the molecule is Cn1c(=O)oc2ccc(CCCC(=O)O)cc21. The molecule has 1 aromatic carbocycles. The van der Waals surface area contributed by atoms with Crippen molar-refractivity contribution in [3.05, 3.63) is 34.3 Å². The third-order valence-corrected chi connectivity index (χ3v) is 2.71. The van der Waals surface area contributed by atoms with E-state index in [-0.39, 0.29) is 12.2 Å². The van der Waals surface area contributed by atoms with E-state index in [0.717, 1.165) is 11.1 Å². The van der Waals surface area contributed by atoms with Crippen LogP contribution in [-0.2, 0) is 18.3 Å². The van der Waals surface area contributed by atoms with E-state index in [9.17, 15) is 9.59 Å². The molecule has 0 spiro atoms. The lowest BCUT2D eigenvalue weighted by Gasteiger charge is -2.00. The van der Waals surface area contributed by atoms with Gasteiger partial charge in [-0.3, -0.25) is 9.36 Å². The fourth-order valence-corrected chi connectivity index (χ4v) is 1.77. The van der Waals surface area contributed by atoms with Gasteiger partial charge in [-0.25, -0.2) is 4.79 Å². The molecule has 1 heterocycles. The maximum absolute atomic E-state index is 11.3. The first-order valence-electron chi connectivity index (χ1n) is 5.38. The summed E-state index contributed by atoms with van der Waals surface area (Å²) in [4.78, 5) is 21.7. The number of hydrogen-bond acceptors (Lipinski definition) is 3. The Kier molecular flexibility index (Phi) is 2.99. The largest absolute Gasteiger partial charge is 0.481 e. The minimum atomic E-state index is -0.790. The van der Waals surface area contributed by atoms with Crippen molar-refractivity contribution in [2.45, 2.75) is 19.3 Å². The molecule has 1 N–H and O–H groups in total. The Morgan fingerprint density at radius 2 is 2.24 bits per heavy atom. The van der Waals surface area contributed by atoms with Crippen LogP contribution in [0.5, 0.6) is 0 Å². The summed E-state index contributed by atoms with van der Waals surface area (Å²) in [6.07, 6.45) is 1.43. The minimum absolute atomic E-state index is 0.155. The molecule has 17 heavy (non-hydrogen) atoms. The van der Waals surface area contributed by atoms with Gasteiger partial charge in [-0.2, -0.15) is 0 Å². The zero-order valence-electron chi connectivity index (χ0n) is 9.47. The highest BCUT2D eigenvalue weighted by atomic mass is 16.4. The number of fused-ring (bicyclic) bond motifs is 1. The second-order valence-corrected chi connectivity index (χ2v) is 3.98. The monoisotopic (exact) mass is 235 g/mol. The van der Waals surface area contributed by atoms with E-state index < -0.39 is 5.97 Å². The average molecular weight is 235 g/mol. The van der Waals surface area contributed by atoms with E-state index >= 15 is 0 Å². The van der Waals surface area contributed by atoms with Crippen LogP contribution in [0.4, 0.5) is 0 Å². The first-order chi connectivity index (χ1) is 8.08. The standard InChI is InChI=1S/C12H13NO4/c1-13-9-7-8(3-2-4-11(14)15)5-6-10(9)17-12(13)16/h5-7H,2-4H2,1H3,(H,14,15). The van der Waals surface area contributed by atoms with E-state index in [1.54, 1.807) is 13.1 Å². The van der Waals surface area contributed by atoms with Gasteiger partial charge in [0.05, 0.1) is 5.52 Å². The average Bonchev–Trinajstić information content (AvgIpc) is 2.55. The van der Waals surface area contributed by atoms with Gasteiger partial charge in [-0.05, 0) is 30.5 Å². The number of nitrogens with zero attached hydrogens (tertiary/aromatic N) is 1. The third-order valence-electron chi connectivity index (χ3n) is 2.71. The van der Waals surface area contributed by atoms with Crippen molar-refractivity contribution in [2.75, 3.05) is 0 Å². The maximum Gasteiger partial charge on any atom is 0.419 e. The molecule has 0 aliphatic heterocycles. The second kappa shape index (κ2) is 4.45. The van der Waals surface area contributed by atoms with E-state index in [0.29, 0.717) is 18.4 Å². The number of rotatable bonds is 4. The fraction of sp³-hybridized carbons (Fsp3) is 0.333. The van der Waals surface area contributed by atoms with E-state index in [2.05, 4.69) is 0 Å². The number of hydrogen-bond donors (Lipinski definition) is 1. The molecule has 0 aliphatic rings. The number of carbonyl (C=O) groups is 1. The molecule has 0 saturated carbocycles. The Labute approximate surface area is 97.3 Å². The highest BCUT2D eigenvalue weighted by Gasteiger charge is 2.06. The molecule has 0 saturated heterocycles. The van der Waals surface area contributed by atoms with Crippen LogP contribution in [-0.4, -0.2) is 15.6 Å². The minimum Gasteiger partial charge on any atom is -0.481 e. The molecule has 2 aromatic rings. The Morgan fingerprint density at radius 3 is 2.94 bits per heavy atom. The van der Waals surface area contributed by atoms with Gasteiger partial charge < -0.3 is 9.52 Å². The molecule has 5 heteroatoms. The summed E-state index contributed by atoms with van der Waals surface area (Å²) in [7, 11) is 1.65. The smallest absolute Gasteiger partial charge is 0.419 e. The van der Waals surface area contributed by atoms with Gasteiger partial charge in [0.1, 0.15) is 0 Å². The Morgan fingerprint density at radius 1 is 1.47 bits per heavy atom. The normalized spacial score (nSPS) is 10.9. The van der Waals surface area contributed by atoms with Gasteiger partial charge in [-0.1, -0.05) is 6.07 Å². The van der Waals surface area contributed by atoms with Gasteiger partial charge >= 0.3 is 11.7 Å². The topological polar surface area (TPSA) is 72.4 Å². The maximum atomic E-state index is 11.3. The van der Waals surface area contributed by atoms with Crippen LogP contribution in [0, 0.1) is 0 Å². The van der Waals surface area contributed by atoms with Gasteiger partial charge in [0.2, 0.25) is 0 Å². The van der Waals surface area contributed by atoms with Crippen LogP contribution in [0.3, 0.4) is 0 Å². The second-order valence-electron chi connectivity index (χ2n) is 3.98. The first-order valence-corrected chi connectivity index (χ1v) is 5.38. The number of carboxylic acid groups (broad SMARTS) is 1. The molecule has 1 aromatic heterocycles. The summed E-state index contributed by atoms with van der Waals surface area (Å²) in [5.74, 6) is -1.18. The molecular weight excluding hydrogens is 222 g/mol.